The number of rotatable bonds is 4. The number of hydrogen-bond acceptors (Lipinski definition) is 2. The highest BCUT2D eigenvalue weighted by Crippen LogP contribution is 2.14. The summed E-state index contributed by atoms with van der Waals surface area (Å²) in [5, 5.41) is 8.18. The first-order chi connectivity index (χ1) is 10.5. The van der Waals surface area contributed by atoms with Crippen molar-refractivity contribution in [1.82, 2.24) is 5.32 Å². The zero-order valence-corrected chi connectivity index (χ0v) is 13.6. The lowest BCUT2D eigenvalue weighted by Crippen LogP contribution is -2.28. The number of nitrogens with one attached hydrogen (secondary N) is 3. The van der Waals surface area contributed by atoms with Crippen molar-refractivity contribution in [3.63, 3.8) is 0 Å². The van der Waals surface area contributed by atoms with Gasteiger partial charge in [-0.25, -0.2) is 4.79 Å². The molecule has 0 spiro atoms. The molecule has 6 heteroatoms. The van der Waals surface area contributed by atoms with Gasteiger partial charge in [0.25, 0.3) is 0 Å². The van der Waals surface area contributed by atoms with Crippen LogP contribution in [-0.2, 0) is 11.3 Å². The normalized spacial score (nSPS) is 9.91. The Hall–Kier alpha value is -2.34. The summed E-state index contributed by atoms with van der Waals surface area (Å²) in [7, 11) is 0. The second-order valence-corrected chi connectivity index (χ2v) is 5.61. The molecule has 0 saturated heterocycles. The lowest BCUT2D eigenvalue weighted by atomic mass is 10.2. The van der Waals surface area contributed by atoms with Gasteiger partial charge in [0.15, 0.2) is 0 Å². The quantitative estimate of drug-likeness (QED) is 0.776. The highest BCUT2D eigenvalue weighted by molar-refractivity contribution is 9.10. The van der Waals surface area contributed by atoms with Crippen molar-refractivity contribution in [3.05, 3.63) is 58.6 Å². The van der Waals surface area contributed by atoms with Gasteiger partial charge in [-0.3, -0.25) is 4.79 Å². The Morgan fingerprint density at radius 2 is 1.64 bits per heavy atom. The van der Waals surface area contributed by atoms with Crippen LogP contribution in [0.25, 0.3) is 0 Å². The first-order valence-electron chi connectivity index (χ1n) is 6.70. The summed E-state index contributed by atoms with van der Waals surface area (Å²) in [6.07, 6.45) is 0. The fourth-order valence-corrected chi connectivity index (χ4v) is 2.29. The number of hydrogen-bond donors (Lipinski definition) is 3. The maximum absolute atomic E-state index is 11.8. The molecule has 0 unspecified atom stereocenters. The third-order valence-electron chi connectivity index (χ3n) is 2.81. The highest BCUT2D eigenvalue weighted by atomic mass is 79.9. The summed E-state index contributed by atoms with van der Waals surface area (Å²) in [6.45, 7) is 1.89. The number of halogens is 1. The molecule has 2 aromatic carbocycles. The Morgan fingerprint density at radius 3 is 2.23 bits per heavy atom. The van der Waals surface area contributed by atoms with E-state index in [-0.39, 0.29) is 11.9 Å². The van der Waals surface area contributed by atoms with Gasteiger partial charge in [-0.1, -0.05) is 28.1 Å². The van der Waals surface area contributed by atoms with Crippen LogP contribution in [0.3, 0.4) is 0 Å². The van der Waals surface area contributed by atoms with Crippen molar-refractivity contribution in [2.24, 2.45) is 0 Å². The van der Waals surface area contributed by atoms with Gasteiger partial charge in [0.2, 0.25) is 5.91 Å². The summed E-state index contributed by atoms with van der Waals surface area (Å²) >= 11 is 3.39. The van der Waals surface area contributed by atoms with Gasteiger partial charge in [-0.2, -0.15) is 0 Å². The predicted octanol–water partition coefficient (Wildman–Crippen LogP) is 3.73. The molecule has 114 valence electrons. The van der Waals surface area contributed by atoms with Crippen molar-refractivity contribution in [1.29, 1.82) is 0 Å². The number of benzene rings is 2. The number of urea groups is 1. The molecule has 2 aromatic rings. The Bertz CT molecular complexity index is 671. The molecule has 0 aliphatic heterocycles. The molecule has 3 N–H and O–H groups in total. The standard InChI is InChI=1S/C16H16BrN3O2/c1-11(21)19-14-5-7-15(8-6-14)20-16(22)18-10-12-3-2-4-13(17)9-12/h2-9H,10H2,1H3,(H,19,21)(H2,18,20,22). The van der Waals surface area contributed by atoms with Gasteiger partial charge in [-0.05, 0) is 42.0 Å². The van der Waals surface area contributed by atoms with E-state index < -0.39 is 0 Å². The van der Waals surface area contributed by atoms with E-state index in [0.717, 1.165) is 10.0 Å². The molecule has 0 fully saturated rings. The summed E-state index contributed by atoms with van der Waals surface area (Å²) < 4.78 is 0.973. The minimum absolute atomic E-state index is 0.132. The van der Waals surface area contributed by atoms with Crippen LogP contribution < -0.4 is 16.0 Å². The second-order valence-electron chi connectivity index (χ2n) is 4.70. The van der Waals surface area contributed by atoms with E-state index in [0.29, 0.717) is 17.9 Å². The van der Waals surface area contributed by atoms with Crippen LogP contribution in [0.1, 0.15) is 12.5 Å². The van der Waals surface area contributed by atoms with Crippen molar-refractivity contribution >= 4 is 39.2 Å². The van der Waals surface area contributed by atoms with Crippen molar-refractivity contribution < 1.29 is 9.59 Å². The Labute approximate surface area is 137 Å². The van der Waals surface area contributed by atoms with Gasteiger partial charge in [-0.15, -0.1) is 0 Å². The summed E-state index contributed by atoms with van der Waals surface area (Å²) in [5.74, 6) is -0.132. The van der Waals surface area contributed by atoms with E-state index in [1.807, 2.05) is 24.3 Å². The van der Waals surface area contributed by atoms with E-state index in [9.17, 15) is 9.59 Å². The first-order valence-corrected chi connectivity index (χ1v) is 7.49. The summed E-state index contributed by atoms with van der Waals surface area (Å²) in [6, 6.07) is 14.4. The largest absolute Gasteiger partial charge is 0.334 e. The fraction of sp³-hybridized carbons (Fsp3) is 0.125. The zero-order chi connectivity index (χ0) is 15.9. The second kappa shape index (κ2) is 7.61. The average Bonchev–Trinajstić information content (AvgIpc) is 2.47. The van der Waals surface area contributed by atoms with Gasteiger partial charge in [0.1, 0.15) is 0 Å². The first kappa shape index (κ1) is 16.0. The lowest BCUT2D eigenvalue weighted by molar-refractivity contribution is -0.114. The zero-order valence-electron chi connectivity index (χ0n) is 12.0. The lowest BCUT2D eigenvalue weighted by Gasteiger charge is -2.09. The van der Waals surface area contributed by atoms with E-state index >= 15 is 0 Å². The monoisotopic (exact) mass is 361 g/mol. The minimum atomic E-state index is -0.285. The van der Waals surface area contributed by atoms with E-state index in [4.69, 9.17) is 0 Å². The Kier molecular flexibility index (Phi) is 5.55. The van der Waals surface area contributed by atoms with Crippen LogP contribution in [-0.4, -0.2) is 11.9 Å². The number of amides is 3. The van der Waals surface area contributed by atoms with Crippen LogP contribution in [0.15, 0.2) is 53.0 Å². The molecular weight excluding hydrogens is 346 g/mol. The van der Waals surface area contributed by atoms with Crippen molar-refractivity contribution in [2.75, 3.05) is 10.6 Å². The maximum atomic E-state index is 11.8. The van der Waals surface area contributed by atoms with Gasteiger partial charge >= 0.3 is 6.03 Å². The Morgan fingerprint density at radius 1 is 1.00 bits per heavy atom. The van der Waals surface area contributed by atoms with E-state index in [2.05, 4.69) is 31.9 Å². The third kappa shape index (κ3) is 5.21. The molecule has 0 atom stereocenters. The molecule has 22 heavy (non-hydrogen) atoms. The average molecular weight is 362 g/mol. The van der Waals surface area contributed by atoms with Gasteiger partial charge in [0.05, 0.1) is 0 Å². The highest BCUT2D eigenvalue weighted by Gasteiger charge is 2.02. The Balaban J connectivity index is 1.85. The van der Waals surface area contributed by atoms with Crippen LogP contribution >= 0.6 is 15.9 Å². The van der Waals surface area contributed by atoms with E-state index in [1.165, 1.54) is 6.92 Å². The topological polar surface area (TPSA) is 70.2 Å². The number of carbonyl (C=O) groups is 2. The summed E-state index contributed by atoms with van der Waals surface area (Å²) in [4.78, 5) is 22.8. The molecule has 0 aromatic heterocycles. The smallest absolute Gasteiger partial charge is 0.319 e. The predicted molar refractivity (Wildman–Crippen MR) is 90.7 cm³/mol. The van der Waals surface area contributed by atoms with E-state index in [1.54, 1.807) is 24.3 Å². The molecule has 0 aliphatic carbocycles. The summed E-state index contributed by atoms with van der Waals surface area (Å²) in [5.41, 5.74) is 2.35. The third-order valence-corrected chi connectivity index (χ3v) is 3.30. The molecule has 3 amide bonds. The van der Waals surface area contributed by atoms with Crippen LogP contribution in [0.5, 0.6) is 0 Å². The van der Waals surface area contributed by atoms with Crippen LogP contribution in [0, 0.1) is 0 Å². The SMILES string of the molecule is CC(=O)Nc1ccc(NC(=O)NCc2cccc(Br)c2)cc1. The molecular formula is C16H16BrN3O2. The maximum Gasteiger partial charge on any atom is 0.319 e. The molecule has 0 aliphatic rings. The molecule has 0 radical (unpaired) electrons. The molecule has 5 nitrogen and oxygen atoms in total. The van der Waals surface area contributed by atoms with Gasteiger partial charge in [0, 0.05) is 29.3 Å². The molecule has 0 bridgehead atoms. The van der Waals surface area contributed by atoms with Gasteiger partial charge < -0.3 is 16.0 Å². The van der Waals surface area contributed by atoms with Crippen molar-refractivity contribution in [3.8, 4) is 0 Å². The molecule has 2 rings (SSSR count). The van der Waals surface area contributed by atoms with Crippen LogP contribution in [0.2, 0.25) is 0 Å². The van der Waals surface area contributed by atoms with Crippen molar-refractivity contribution in [2.45, 2.75) is 13.5 Å². The molecule has 0 heterocycles. The van der Waals surface area contributed by atoms with Crippen LogP contribution in [0.4, 0.5) is 16.2 Å². The molecule has 0 saturated carbocycles. The minimum Gasteiger partial charge on any atom is -0.334 e. The number of anilines is 2. The number of carbonyl (C=O) groups excluding carboxylic acids is 2. The fourth-order valence-electron chi connectivity index (χ4n) is 1.84.